The van der Waals surface area contributed by atoms with E-state index in [0.717, 1.165) is 0 Å². The standard InChI is InChI=1S/C10H16Br2Cl2O/c1-7(13)10(14,6-11)5-4-8(15)9(2,3)12/h8,15H,1,4-6H2,2-3H3. The van der Waals surface area contributed by atoms with Crippen molar-refractivity contribution >= 4 is 55.1 Å². The summed E-state index contributed by atoms with van der Waals surface area (Å²) in [6.45, 7) is 7.48. The molecule has 0 aliphatic carbocycles. The van der Waals surface area contributed by atoms with Crippen LogP contribution in [-0.4, -0.2) is 25.7 Å². The Balaban J connectivity index is 4.31. The highest BCUT2D eigenvalue weighted by molar-refractivity contribution is 9.10. The van der Waals surface area contributed by atoms with Crippen LogP contribution >= 0.6 is 55.1 Å². The third-order valence-corrected chi connectivity index (χ3v) is 5.12. The van der Waals surface area contributed by atoms with Gasteiger partial charge in [-0.2, -0.15) is 0 Å². The Morgan fingerprint density at radius 1 is 1.53 bits per heavy atom. The second-order valence-corrected chi connectivity index (χ2v) is 7.91. The number of allylic oxidation sites excluding steroid dienone is 1. The lowest BCUT2D eigenvalue weighted by atomic mass is 9.96. The number of hydrogen-bond donors (Lipinski definition) is 1. The third-order valence-electron chi connectivity index (χ3n) is 2.30. The lowest BCUT2D eigenvalue weighted by Crippen LogP contribution is -2.33. The predicted octanol–water partition coefficient (Wildman–Crippen LogP) is 4.43. The lowest BCUT2D eigenvalue weighted by molar-refractivity contribution is 0.131. The fourth-order valence-electron chi connectivity index (χ4n) is 0.984. The monoisotopic (exact) mass is 380 g/mol. The normalized spacial score (nSPS) is 18.3. The highest BCUT2D eigenvalue weighted by atomic mass is 79.9. The van der Waals surface area contributed by atoms with Gasteiger partial charge < -0.3 is 5.11 Å². The van der Waals surface area contributed by atoms with Crippen molar-refractivity contribution in [3.05, 3.63) is 11.6 Å². The molecule has 0 aliphatic rings. The fourth-order valence-corrected chi connectivity index (χ4v) is 2.26. The van der Waals surface area contributed by atoms with Crippen LogP contribution in [0.4, 0.5) is 0 Å². The van der Waals surface area contributed by atoms with Gasteiger partial charge in [-0.3, -0.25) is 0 Å². The highest BCUT2D eigenvalue weighted by Gasteiger charge is 2.32. The Kier molecular flexibility index (Phi) is 6.76. The maximum absolute atomic E-state index is 9.83. The van der Waals surface area contributed by atoms with Crippen molar-refractivity contribution in [2.45, 2.75) is 42.0 Å². The van der Waals surface area contributed by atoms with Gasteiger partial charge in [0.1, 0.15) is 0 Å². The first-order valence-corrected chi connectivity index (χ1v) is 7.27. The molecule has 2 atom stereocenters. The zero-order valence-electron chi connectivity index (χ0n) is 8.86. The second kappa shape index (κ2) is 6.25. The molecule has 0 spiro atoms. The molecule has 5 heteroatoms. The van der Waals surface area contributed by atoms with Crippen molar-refractivity contribution < 1.29 is 5.11 Å². The summed E-state index contributed by atoms with van der Waals surface area (Å²) in [7, 11) is 0. The molecular formula is C10H16Br2Cl2O. The van der Waals surface area contributed by atoms with Gasteiger partial charge in [0.25, 0.3) is 0 Å². The average molecular weight is 383 g/mol. The minimum Gasteiger partial charge on any atom is -0.392 e. The van der Waals surface area contributed by atoms with Gasteiger partial charge in [-0.1, -0.05) is 50.0 Å². The van der Waals surface area contributed by atoms with Crippen molar-refractivity contribution in [2.24, 2.45) is 0 Å². The Labute approximate surface area is 118 Å². The molecule has 2 unspecified atom stereocenters. The molecule has 0 radical (unpaired) electrons. The van der Waals surface area contributed by atoms with Crippen LogP contribution in [0.5, 0.6) is 0 Å². The Morgan fingerprint density at radius 3 is 2.27 bits per heavy atom. The van der Waals surface area contributed by atoms with Crippen LogP contribution in [-0.2, 0) is 0 Å². The van der Waals surface area contributed by atoms with Gasteiger partial charge in [0, 0.05) is 14.7 Å². The van der Waals surface area contributed by atoms with Gasteiger partial charge in [-0.15, -0.1) is 11.6 Å². The molecule has 0 aromatic rings. The summed E-state index contributed by atoms with van der Waals surface area (Å²) in [6.07, 6.45) is 0.683. The van der Waals surface area contributed by atoms with E-state index in [1.54, 1.807) is 0 Å². The lowest BCUT2D eigenvalue weighted by Gasteiger charge is -2.29. The molecule has 90 valence electrons. The SMILES string of the molecule is C=C(Cl)C(Cl)(CBr)CCC(O)C(C)(C)Br. The average Bonchev–Trinajstić information content (AvgIpc) is 2.11. The van der Waals surface area contributed by atoms with E-state index in [2.05, 4.69) is 38.4 Å². The van der Waals surface area contributed by atoms with Gasteiger partial charge in [0.15, 0.2) is 0 Å². The van der Waals surface area contributed by atoms with E-state index >= 15 is 0 Å². The molecule has 0 rings (SSSR count). The summed E-state index contributed by atoms with van der Waals surface area (Å²) in [4.78, 5) is -0.680. The van der Waals surface area contributed by atoms with Crippen LogP contribution in [0.15, 0.2) is 11.6 Å². The summed E-state index contributed by atoms with van der Waals surface area (Å²) < 4.78 is -0.315. The first-order chi connectivity index (χ1) is 6.63. The van der Waals surface area contributed by atoms with E-state index in [1.165, 1.54) is 0 Å². The minimum absolute atomic E-state index is 0.315. The predicted molar refractivity (Wildman–Crippen MR) is 75.6 cm³/mol. The molecule has 0 saturated heterocycles. The number of alkyl halides is 3. The van der Waals surface area contributed by atoms with Crippen molar-refractivity contribution in [2.75, 3.05) is 5.33 Å². The van der Waals surface area contributed by atoms with Gasteiger partial charge in [-0.25, -0.2) is 0 Å². The Morgan fingerprint density at radius 2 is 2.00 bits per heavy atom. The van der Waals surface area contributed by atoms with Crippen LogP contribution in [0.25, 0.3) is 0 Å². The number of rotatable bonds is 6. The van der Waals surface area contributed by atoms with Crippen molar-refractivity contribution in [3.8, 4) is 0 Å². The van der Waals surface area contributed by atoms with Gasteiger partial charge in [0.05, 0.1) is 11.0 Å². The molecule has 15 heavy (non-hydrogen) atoms. The number of aliphatic hydroxyl groups is 1. The van der Waals surface area contributed by atoms with Gasteiger partial charge in [-0.05, 0) is 26.7 Å². The van der Waals surface area contributed by atoms with E-state index < -0.39 is 11.0 Å². The summed E-state index contributed by atoms with van der Waals surface area (Å²) in [5.41, 5.74) is 0. The van der Waals surface area contributed by atoms with Gasteiger partial charge >= 0.3 is 0 Å². The summed E-state index contributed by atoms with van der Waals surface area (Å²) >= 11 is 18.8. The van der Waals surface area contributed by atoms with Crippen LogP contribution in [0.1, 0.15) is 26.7 Å². The zero-order valence-corrected chi connectivity index (χ0v) is 13.5. The number of aliphatic hydroxyl groups excluding tert-OH is 1. The molecular weight excluding hydrogens is 367 g/mol. The molecule has 0 saturated carbocycles. The summed E-state index contributed by atoms with van der Waals surface area (Å²) in [5.74, 6) is 0. The van der Waals surface area contributed by atoms with Crippen LogP contribution < -0.4 is 0 Å². The van der Waals surface area contributed by atoms with E-state index in [1.807, 2.05) is 13.8 Å². The molecule has 0 aromatic carbocycles. The van der Waals surface area contributed by atoms with Crippen LogP contribution in [0.2, 0.25) is 0 Å². The molecule has 0 aliphatic heterocycles. The topological polar surface area (TPSA) is 20.2 Å². The number of hydrogen-bond acceptors (Lipinski definition) is 1. The van der Waals surface area contributed by atoms with Crippen molar-refractivity contribution in [3.63, 3.8) is 0 Å². The smallest absolute Gasteiger partial charge is 0.0892 e. The summed E-state index contributed by atoms with van der Waals surface area (Å²) in [6, 6.07) is 0. The minimum atomic E-state index is -0.680. The van der Waals surface area contributed by atoms with E-state index in [0.29, 0.717) is 23.2 Å². The van der Waals surface area contributed by atoms with E-state index in [4.69, 9.17) is 23.2 Å². The first kappa shape index (κ1) is 16.2. The molecule has 1 nitrogen and oxygen atoms in total. The molecule has 0 amide bonds. The Bertz CT molecular complexity index is 228. The van der Waals surface area contributed by atoms with E-state index in [9.17, 15) is 5.11 Å². The molecule has 0 fully saturated rings. The van der Waals surface area contributed by atoms with Gasteiger partial charge in [0.2, 0.25) is 0 Å². The maximum Gasteiger partial charge on any atom is 0.0892 e. The summed E-state index contributed by atoms with van der Waals surface area (Å²) in [5, 5.41) is 10.8. The first-order valence-electron chi connectivity index (χ1n) is 4.60. The molecule has 0 aromatic heterocycles. The largest absolute Gasteiger partial charge is 0.392 e. The zero-order chi connectivity index (χ0) is 12.3. The van der Waals surface area contributed by atoms with Crippen LogP contribution in [0, 0.1) is 0 Å². The Hall–Kier alpha value is 1.24. The van der Waals surface area contributed by atoms with Crippen LogP contribution in [0.3, 0.4) is 0 Å². The third kappa shape index (κ3) is 5.40. The van der Waals surface area contributed by atoms with Crippen molar-refractivity contribution in [1.82, 2.24) is 0 Å². The van der Waals surface area contributed by atoms with Crippen molar-refractivity contribution in [1.29, 1.82) is 0 Å². The fraction of sp³-hybridized carbons (Fsp3) is 0.800. The maximum atomic E-state index is 9.83. The number of halogens is 4. The molecule has 0 heterocycles. The highest BCUT2D eigenvalue weighted by Crippen LogP contribution is 2.36. The van der Waals surface area contributed by atoms with E-state index in [-0.39, 0.29) is 4.32 Å². The molecule has 0 bridgehead atoms. The second-order valence-electron chi connectivity index (χ2n) is 4.12. The molecule has 1 N–H and O–H groups in total. The quantitative estimate of drug-likeness (QED) is 0.674.